The maximum atomic E-state index is 13.0. The highest BCUT2D eigenvalue weighted by molar-refractivity contribution is 6.34. The summed E-state index contributed by atoms with van der Waals surface area (Å²) in [7, 11) is 0. The molecule has 1 heterocycles. The molecule has 1 N–H and O–H groups in total. The van der Waals surface area contributed by atoms with Crippen LogP contribution in [-0.2, 0) is 4.79 Å². The predicted molar refractivity (Wildman–Crippen MR) is 147 cm³/mol. The van der Waals surface area contributed by atoms with Gasteiger partial charge < -0.3 is 5.32 Å². The van der Waals surface area contributed by atoms with Gasteiger partial charge in [0, 0.05) is 29.5 Å². The molecule has 0 atom stereocenters. The molecule has 0 saturated carbocycles. The molecule has 0 unspecified atom stereocenters. The number of hydrogen-bond donors (Lipinski definition) is 1. The number of carbonyl (C=O) groups excluding carboxylic acids is 1. The SMILES string of the molecule is N#CC(=Cc1cn(-c2ccccc2)nc1-c1cccc2ccccc12)C(=O)Nc1ccc([N+](=O)[O-])cc1Cl. The van der Waals surface area contributed by atoms with E-state index in [0.29, 0.717) is 11.3 Å². The zero-order chi connectivity index (χ0) is 26.6. The molecule has 184 valence electrons. The number of nitro benzene ring substituents is 1. The van der Waals surface area contributed by atoms with Crippen LogP contribution in [0.4, 0.5) is 11.4 Å². The summed E-state index contributed by atoms with van der Waals surface area (Å²) in [6.07, 6.45) is 3.23. The third-order valence-electron chi connectivity index (χ3n) is 5.88. The highest BCUT2D eigenvalue weighted by atomic mass is 35.5. The summed E-state index contributed by atoms with van der Waals surface area (Å²) in [6, 6.07) is 28.9. The number of amides is 1. The van der Waals surface area contributed by atoms with Crippen molar-refractivity contribution in [2.75, 3.05) is 5.32 Å². The molecule has 0 radical (unpaired) electrons. The van der Waals surface area contributed by atoms with Crippen LogP contribution >= 0.6 is 11.6 Å². The van der Waals surface area contributed by atoms with E-state index in [2.05, 4.69) is 5.32 Å². The van der Waals surface area contributed by atoms with Gasteiger partial charge in [-0.15, -0.1) is 0 Å². The van der Waals surface area contributed by atoms with Crippen LogP contribution in [0, 0.1) is 21.4 Å². The lowest BCUT2D eigenvalue weighted by Crippen LogP contribution is -2.13. The van der Waals surface area contributed by atoms with Gasteiger partial charge in [0.15, 0.2) is 0 Å². The molecular formula is C29H18ClN5O3. The quantitative estimate of drug-likeness (QED) is 0.115. The average Bonchev–Trinajstić information content (AvgIpc) is 3.36. The first-order chi connectivity index (χ1) is 18.4. The maximum Gasteiger partial charge on any atom is 0.271 e. The van der Waals surface area contributed by atoms with Crippen molar-refractivity contribution < 1.29 is 9.72 Å². The third kappa shape index (κ3) is 4.87. The summed E-state index contributed by atoms with van der Waals surface area (Å²) in [4.78, 5) is 23.4. The number of para-hydroxylation sites is 1. The second kappa shape index (κ2) is 10.4. The minimum Gasteiger partial charge on any atom is -0.320 e. The van der Waals surface area contributed by atoms with Crippen LogP contribution in [0.15, 0.2) is 103 Å². The first-order valence-electron chi connectivity index (χ1n) is 11.4. The van der Waals surface area contributed by atoms with E-state index in [9.17, 15) is 20.2 Å². The van der Waals surface area contributed by atoms with Gasteiger partial charge in [-0.2, -0.15) is 10.4 Å². The van der Waals surface area contributed by atoms with Gasteiger partial charge >= 0.3 is 0 Å². The number of halogens is 1. The van der Waals surface area contributed by atoms with E-state index >= 15 is 0 Å². The van der Waals surface area contributed by atoms with Gasteiger partial charge in [-0.25, -0.2) is 4.68 Å². The zero-order valence-electron chi connectivity index (χ0n) is 19.7. The van der Waals surface area contributed by atoms with Gasteiger partial charge in [-0.3, -0.25) is 14.9 Å². The molecule has 0 saturated heterocycles. The summed E-state index contributed by atoms with van der Waals surface area (Å²) in [5.74, 6) is -0.709. The lowest BCUT2D eigenvalue weighted by atomic mass is 9.99. The molecule has 0 aliphatic heterocycles. The van der Waals surface area contributed by atoms with Crippen molar-refractivity contribution in [1.29, 1.82) is 5.26 Å². The first kappa shape index (κ1) is 24.4. The Bertz CT molecular complexity index is 1770. The largest absolute Gasteiger partial charge is 0.320 e. The molecule has 1 amide bonds. The van der Waals surface area contributed by atoms with Crippen molar-refractivity contribution in [2.24, 2.45) is 0 Å². The van der Waals surface area contributed by atoms with Gasteiger partial charge in [0.2, 0.25) is 0 Å². The topological polar surface area (TPSA) is 114 Å². The Morgan fingerprint density at radius 1 is 1.03 bits per heavy atom. The van der Waals surface area contributed by atoms with Crippen molar-refractivity contribution in [1.82, 2.24) is 9.78 Å². The Balaban J connectivity index is 1.59. The molecule has 0 aliphatic carbocycles. The van der Waals surface area contributed by atoms with Crippen LogP contribution in [0.25, 0.3) is 33.8 Å². The van der Waals surface area contributed by atoms with Gasteiger partial charge in [-0.05, 0) is 35.0 Å². The minimum absolute atomic E-state index is 0.0156. The van der Waals surface area contributed by atoms with Crippen LogP contribution in [0.2, 0.25) is 5.02 Å². The van der Waals surface area contributed by atoms with Crippen LogP contribution in [0.5, 0.6) is 0 Å². The van der Waals surface area contributed by atoms with Gasteiger partial charge in [0.25, 0.3) is 11.6 Å². The standard InChI is InChI=1S/C29H18ClN5O3/c30-26-16-23(35(37)38)13-14-27(26)32-29(36)20(17-31)15-21-18-34(22-9-2-1-3-10-22)33-28(21)25-12-6-8-19-7-4-5-11-24(19)25/h1-16,18H,(H,32,36). The number of hydrogen-bond acceptors (Lipinski definition) is 5. The van der Waals surface area contributed by atoms with Crippen LogP contribution < -0.4 is 5.32 Å². The molecule has 9 heteroatoms. The molecule has 0 aliphatic rings. The Hall–Kier alpha value is -5.26. The fourth-order valence-corrected chi connectivity index (χ4v) is 4.28. The fourth-order valence-electron chi connectivity index (χ4n) is 4.06. The third-order valence-corrected chi connectivity index (χ3v) is 6.20. The Morgan fingerprint density at radius 2 is 1.76 bits per heavy atom. The number of carbonyl (C=O) groups is 1. The number of fused-ring (bicyclic) bond motifs is 1. The Morgan fingerprint density at radius 3 is 2.50 bits per heavy atom. The molecule has 5 rings (SSSR count). The summed E-state index contributed by atoms with van der Waals surface area (Å²) in [6.45, 7) is 0. The summed E-state index contributed by atoms with van der Waals surface area (Å²) >= 11 is 6.12. The summed E-state index contributed by atoms with van der Waals surface area (Å²) in [5, 5.41) is 30.2. The van der Waals surface area contributed by atoms with Gasteiger partial charge in [-0.1, -0.05) is 72.3 Å². The van der Waals surface area contributed by atoms with E-state index in [1.807, 2.05) is 78.9 Å². The Labute approximate surface area is 222 Å². The van der Waals surface area contributed by atoms with E-state index in [0.717, 1.165) is 28.1 Å². The van der Waals surface area contributed by atoms with Gasteiger partial charge in [0.1, 0.15) is 17.3 Å². The molecule has 8 nitrogen and oxygen atoms in total. The molecule has 0 fully saturated rings. The fraction of sp³-hybridized carbons (Fsp3) is 0. The predicted octanol–water partition coefficient (Wildman–Crippen LogP) is 6.80. The van der Waals surface area contributed by atoms with Crippen molar-refractivity contribution in [3.63, 3.8) is 0 Å². The second-order valence-corrected chi connectivity index (χ2v) is 8.69. The first-order valence-corrected chi connectivity index (χ1v) is 11.8. The number of rotatable bonds is 6. The molecule has 5 aromatic rings. The number of nitro groups is 1. The minimum atomic E-state index is -0.709. The number of non-ortho nitro benzene ring substituents is 1. The average molecular weight is 520 g/mol. The van der Waals surface area contributed by atoms with E-state index in [-0.39, 0.29) is 22.0 Å². The monoisotopic (exact) mass is 519 g/mol. The molecule has 38 heavy (non-hydrogen) atoms. The van der Waals surface area contributed by atoms with E-state index in [4.69, 9.17) is 16.7 Å². The number of nitrogens with one attached hydrogen (secondary N) is 1. The second-order valence-electron chi connectivity index (χ2n) is 8.29. The molecule has 4 aromatic carbocycles. The van der Waals surface area contributed by atoms with Crippen molar-refractivity contribution >= 4 is 45.7 Å². The van der Waals surface area contributed by atoms with E-state index in [1.54, 1.807) is 10.9 Å². The van der Waals surface area contributed by atoms with E-state index < -0.39 is 10.8 Å². The zero-order valence-corrected chi connectivity index (χ0v) is 20.5. The highest BCUT2D eigenvalue weighted by Crippen LogP contribution is 2.32. The number of nitriles is 1. The maximum absolute atomic E-state index is 13.0. The summed E-state index contributed by atoms with van der Waals surface area (Å²) in [5.41, 5.74) is 2.57. The number of aromatic nitrogens is 2. The molecule has 0 spiro atoms. The lowest BCUT2D eigenvalue weighted by molar-refractivity contribution is -0.384. The van der Waals surface area contributed by atoms with Crippen LogP contribution in [0.3, 0.4) is 0 Å². The molecular weight excluding hydrogens is 502 g/mol. The highest BCUT2D eigenvalue weighted by Gasteiger charge is 2.18. The Kier molecular flexibility index (Phi) is 6.68. The molecule has 0 bridgehead atoms. The van der Waals surface area contributed by atoms with Crippen molar-refractivity contribution in [2.45, 2.75) is 0 Å². The van der Waals surface area contributed by atoms with Crippen molar-refractivity contribution in [3.8, 4) is 23.0 Å². The van der Waals surface area contributed by atoms with Crippen LogP contribution in [-0.4, -0.2) is 20.6 Å². The number of nitrogens with zero attached hydrogens (tertiary/aromatic N) is 4. The van der Waals surface area contributed by atoms with Crippen molar-refractivity contribution in [3.05, 3.63) is 123 Å². The number of anilines is 1. The number of benzene rings is 4. The summed E-state index contributed by atoms with van der Waals surface area (Å²) < 4.78 is 1.70. The normalized spacial score (nSPS) is 11.2. The lowest BCUT2D eigenvalue weighted by Gasteiger charge is -2.07. The van der Waals surface area contributed by atoms with Crippen LogP contribution in [0.1, 0.15) is 5.56 Å². The van der Waals surface area contributed by atoms with Gasteiger partial charge in [0.05, 0.1) is 21.3 Å². The van der Waals surface area contributed by atoms with E-state index in [1.165, 1.54) is 18.2 Å². The smallest absolute Gasteiger partial charge is 0.271 e. The molecule has 1 aromatic heterocycles.